The van der Waals surface area contributed by atoms with E-state index in [1.54, 1.807) is 19.1 Å². The third-order valence-electron chi connectivity index (χ3n) is 4.56. The summed E-state index contributed by atoms with van der Waals surface area (Å²) in [6, 6.07) is 6.13. The van der Waals surface area contributed by atoms with Crippen LogP contribution in [0.4, 0.5) is 5.13 Å². The number of aromatic nitrogens is 2. The summed E-state index contributed by atoms with van der Waals surface area (Å²) in [5.41, 5.74) is 0.470. The van der Waals surface area contributed by atoms with Crippen LogP contribution in [0.5, 0.6) is 0 Å². The number of anilines is 1. The quantitative estimate of drug-likeness (QED) is 0.520. The van der Waals surface area contributed by atoms with Crippen molar-refractivity contribution >= 4 is 38.1 Å². The molecule has 1 N–H and O–H groups in total. The molecule has 29 heavy (non-hydrogen) atoms. The van der Waals surface area contributed by atoms with Gasteiger partial charge in [0.25, 0.3) is 5.91 Å². The molecule has 0 bridgehead atoms. The van der Waals surface area contributed by atoms with E-state index in [0.717, 1.165) is 11.5 Å². The monoisotopic (exact) mass is 436 g/mol. The molecule has 1 aromatic heterocycles. The molecule has 1 aliphatic heterocycles. The van der Waals surface area contributed by atoms with Gasteiger partial charge in [-0.2, -0.15) is 4.37 Å². The molecule has 11 heteroatoms. The summed E-state index contributed by atoms with van der Waals surface area (Å²) in [5.74, 6) is 0.0376. The molecule has 2 aromatic rings. The number of benzene rings is 1. The van der Waals surface area contributed by atoms with E-state index in [2.05, 4.69) is 19.8 Å². The third kappa shape index (κ3) is 4.62. The van der Waals surface area contributed by atoms with Crippen molar-refractivity contribution in [2.75, 3.05) is 18.5 Å². The summed E-state index contributed by atoms with van der Waals surface area (Å²) in [4.78, 5) is 22.6. The number of nitrogens with zero attached hydrogens (tertiary/aromatic N) is 3. The Morgan fingerprint density at radius 2 is 2.03 bits per heavy atom. The number of hydrogen-bond acceptors (Lipinski definition) is 9. The van der Waals surface area contributed by atoms with Crippen LogP contribution in [0.15, 0.2) is 34.3 Å². The Morgan fingerprint density at radius 3 is 2.62 bits per heavy atom. The Kier molecular flexibility index (Phi) is 5.61. The van der Waals surface area contributed by atoms with Crippen molar-refractivity contribution < 1.29 is 22.8 Å². The third-order valence-corrected chi connectivity index (χ3v) is 7.56. The Morgan fingerprint density at radius 1 is 1.28 bits per heavy atom. The lowest BCUT2D eigenvalue weighted by Crippen LogP contribution is -2.25. The van der Waals surface area contributed by atoms with E-state index in [4.69, 9.17) is 9.57 Å². The highest BCUT2D eigenvalue weighted by Crippen LogP contribution is 2.33. The van der Waals surface area contributed by atoms with Crippen LogP contribution in [-0.2, 0) is 24.2 Å². The number of hydrogen-bond donors (Lipinski definition) is 1. The van der Waals surface area contributed by atoms with Crippen LogP contribution in [0.25, 0.3) is 0 Å². The summed E-state index contributed by atoms with van der Waals surface area (Å²) in [6.45, 7) is 2.72. The molecule has 1 aromatic carbocycles. The molecule has 0 radical (unpaired) electrons. The molecule has 1 saturated heterocycles. The molecule has 1 atom stereocenters. The minimum atomic E-state index is -3.30. The van der Waals surface area contributed by atoms with Crippen LogP contribution < -0.4 is 5.32 Å². The van der Waals surface area contributed by atoms with E-state index in [-0.39, 0.29) is 22.0 Å². The van der Waals surface area contributed by atoms with Gasteiger partial charge >= 0.3 is 0 Å². The van der Waals surface area contributed by atoms with Gasteiger partial charge in [0.15, 0.2) is 21.7 Å². The van der Waals surface area contributed by atoms with Gasteiger partial charge in [-0.15, -0.1) is 0 Å². The summed E-state index contributed by atoms with van der Waals surface area (Å²) >= 11 is 1.06. The predicted molar refractivity (Wildman–Crippen MR) is 107 cm³/mol. The van der Waals surface area contributed by atoms with Gasteiger partial charge in [0.2, 0.25) is 5.13 Å². The average molecular weight is 437 g/mol. The molecule has 1 amide bonds. The molecule has 0 spiro atoms. The Hall–Kier alpha value is -2.37. The molecule has 2 fully saturated rings. The second-order valence-corrected chi connectivity index (χ2v) is 9.88. The second-order valence-electron chi connectivity index (χ2n) is 6.90. The van der Waals surface area contributed by atoms with Crippen molar-refractivity contribution in [1.29, 1.82) is 0 Å². The van der Waals surface area contributed by atoms with Crippen LogP contribution in [-0.4, -0.2) is 54.0 Å². The highest BCUT2D eigenvalue weighted by atomic mass is 32.2. The SMILES string of the molecule is Cc1nsc(NC(=O)C(=NO[C@@H]2CCOC2)c2ccc(S(=O)(=O)C3CC3)cc2)n1. The first-order chi connectivity index (χ1) is 13.9. The van der Waals surface area contributed by atoms with Gasteiger partial charge in [0, 0.05) is 23.5 Å². The Bertz CT molecular complexity index is 1020. The number of ether oxygens (including phenoxy) is 1. The number of nitrogens with one attached hydrogen (secondary N) is 1. The van der Waals surface area contributed by atoms with Crippen molar-refractivity contribution in [3.8, 4) is 0 Å². The summed E-state index contributed by atoms with van der Waals surface area (Å²) in [7, 11) is -3.30. The van der Waals surface area contributed by atoms with Gasteiger partial charge in [-0.25, -0.2) is 13.4 Å². The van der Waals surface area contributed by atoms with Crippen LogP contribution in [0.3, 0.4) is 0 Å². The first-order valence-electron chi connectivity index (χ1n) is 9.21. The normalized spacial score (nSPS) is 19.9. The number of aryl methyl sites for hydroxylation is 1. The number of rotatable bonds is 7. The number of carbonyl (C=O) groups is 1. The predicted octanol–water partition coefficient (Wildman–Crippen LogP) is 1.93. The van der Waals surface area contributed by atoms with Crippen LogP contribution in [0, 0.1) is 6.92 Å². The van der Waals surface area contributed by atoms with Gasteiger partial charge < -0.3 is 9.57 Å². The maximum atomic E-state index is 12.8. The van der Waals surface area contributed by atoms with E-state index >= 15 is 0 Å². The fourth-order valence-electron chi connectivity index (χ4n) is 2.83. The Balaban J connectivity index is 1.58. The smallest absolute Gasteiger partial charge is 0.280 e. The number of sulfone groups is 1. The fourth-order valence-corrected chi connectivity index (χ4v) is 5.05. The Labute approximate surface area is 172 Å². The maximum absolute atomic E-state index is 12.8. The van der Waals surface area contributed by atoms with Crippen molar-refractivity contribution in [3.63, 3.8) is 0 Å². The lowest BCUT2D eigenvalue weighted by Gasteiger charge is -2.10. The molecule has 2 aliphatic rings. The molecule has 1 saturated carbocycles. The zero-order valence-corrected chi connectivity index (χ0v) is 17.3. The van der Waals surface area contributed by atoms with Gasteiger partial charge in [0.05, 0.1) is 23.4 Å². The molecule has 9 nitrogen and oxygen atoms in total. The van der Waals surface area contributed by atoms with Crippen LogP contribution in [0.2, 0.25) is 0 Å². The van der Waals surface area contributed by atoms with E-state index < -0.39 is 15.7 Å². The topological polar surface area (TPSA) is 120 Å². The number of amides is 1. The van der Waals surface area contributed by atoms with E-state index in [9.17, 15) is 13.2 Å². The molecule has 154 valence electrons. The van der Waals surface area contributed by atoms with Crippen LogP contribution >= 0.6 is 11.5 Å². The second kappa shape index (κ2) is 8.17. The molecule has 1 aliphatic carbocycles. The number of carbonyl (C=O) groups excluding carboxylic acids is 1. The standard InChI is InChI=1S/C18H20N4O5S2/c1-11-19-18(28-22-11)20-17(23)16(21-27-13-8-9-26-10-13)12-2-4-14(5-3-12)29(24,25)15-6-7-15/h2-5,13,15H,6-10H2,1H3,(H,19,20,22,23)/t13-/m1/s1. The van der Waals surface area contributed by atoms with E-state index in [1.807, 2.05) is 0 Å². The van der Waals surface area contributed by atoms with Crippen LogP contribution in [0.1, 0.15) is 30.7 Å². The van der Waals surface area contributed by atoms with E-state index in [1.165, 1.54) is 12.1 Å². The molecule has 4 rings (SSSR count). The maximum Gasteiger partial charge on any atom is 0.280 e. The fraction of sp³-hybridized carbons (Fsp3) is 0.444. The first kappa shape index (κ1) is 19.9. The molecule has 2 heterocycles. The van der Waals surface area contributed by atoms with Gasteiger partial charge in [-0.3, -0.25) is 10.1 Å². The lowest BCUT2D eigenvalue weighted by atomic mass is 10.1. The van der Waals surface area contributed by atoms with Gasteiger partial charge in [-0.05, 0) is 31.9 Å². The van der Waals surface area contributed by atoms with E-state index in [0.29, 0.717) is 49.0 Å². The molecule has 0 unspecified atom stereocenters. The lowest BCUT2D eigenvalue weighted by molar-refractivity contribution is -0.110. The van der Waals surface area contributed by atoms with Crippen molar-refractivity contribution in [2.24, 2.45) is 5.16 Å². The average Bonchev–Trinajstić information content (AvgIpc) is 3.31. The zero-order chi connectivity index (χ0) is 20.4. The van der Waals surface area contributed by atoms with Crippen molar-refractivity contribution in [1.82, 2.24) is 9.36 Å². The highest BCUT2D eigenvalue weighted by molar-refractivity contribution is 7.92. The zero-order valence-electron chi connectivity index (χ0n) is 15.7. The van der Waals surface area contributed by atoms with Crippen molar-refractivity contribution in [3.05, 3.63) is 35.7 Å². The molecular weight excluding hydrogens is 416 g/mol. The first-order valence-corrected chi connectivity index (χ1v) is 11.5. The minimum absolute atomic E-state index is 0.0279. The summed E-state index contributed by atoms with van der Waals surface area (Å²) in [5, 5.41) is 6.75. The van der Waals surface area contributed by atoms with Gasteiger partial charge in [-0.1, -0.05) is 17.3 Å². The molecular formula is C18H20N4O5S2. The summed E-state index contributed by atoms with van der Waals surface area (Å²) < 4.78 is 34.1. The summed E-state index contributed by atoms with van der Waals surface area (Å²) in [6.07, 6.45) is 1.85. The highest BCUT2D eigenvalue weighted by Gasteiger charge is 2.36. The van der Waals surface area contributed by atoms with Crippen molar-refractivity contribution in [2.45, 2.75) is 42.4 Å². The minimum Gasteiger partial charge on any atom is -0.389 e. The number of oxime groups is 1. The van der Waals surface area contributed by atoms with Gasteiger partial charge in [0.1, 0.15) is 5.82 Å². The largest absolute Gasteiger partial charge is 0.389 e.